The summed E-state index contributed by atoms with van der Waals surface area (Å²) in [5.41, 5.74) is -1.72. The molecule has 0 aromatic rings. The maximum Gasteiger partial charge on any atom is 0.490 e. The molecule has 0 radical (unpaired) electrons. The molecule has 6 nitrogen and oxygen atoms in total. The average Bonchev–Trinajstić information content (AvgIpc) is 3.29. The minimum absolute atomic E-state index is 0.105. The van der Waals surface area contributed by atoms with E-state index in [2.05, 4.69) is 20.5 Å². The number of fused-ring (bicyclic) bond motifs is 1. The van der Waals surface area contributed by atoms with E-state index in [4.69, 9.17) is 4.74 Å². The molecule has 5 saturated carbocycles. The van der Waals surface area contributed by atoms with Gasteiger partial charge in [-0.3, -0.25) is 9.88 Å². The summed E-state index contributed by atoms with van der Waals surface area (Å²) in [7, 11) is 2.40. The molecule has 0 aromatic carbocycles. The van der Waals surface area contributed by atoms with E-state index in [9.17, 15) is 28.0 Å². The molecule has 6 fully saturated rings. The van der Waals surface area contributed by atoms with Gasteiger partial charge < -0.3 is 9.64 Å². The van der Waals surface area contributed by atoms with Gasteiger partial charge in [-0.2, -0.15) is 18.4 Å². The van der Waals surface area contributed by atoms with Gasteiger partial charge in [-0.05, 0) is 74.5 Å². The average molecular weight is 443 g/mol. The molecule has 4 bridgehead atoms. The van der Waals surface area contributed by atoms with Crippen molar-refractivity contribution in [1.29, 1.82) is 5.26 Å². The fourth-order valence-corrected chi connectivity index (χ4v) is 8.00. The molecule has 7 atom stereocenters. The van der Waals surface area contributed by atoms with Gasteiger partial charge in [-0.25, -0.2) is 4.79 Å². The Morgan fingerprint density at radius 3 is 2.40 bits per heavy atom. The number of likely N-dealkylation sites (tertiary alicyclic amines) is 1. The Hall–Kier alpha value is -1.39. The molecule has 1 amide bonds. The predicted octanol–water partition coefficient (Wildman–Crippen LogP) is 2.69. The van der Waals surface area contributed by atoms with Crippen LogP contribution in [0.1, 0.15) is 51.4 Å². The summed E-state index contributed by atoms with van der Waals surface area (Å²) in [6.45, 7) is 0. The number of hydrogen-bond acceptors (Lipinski definition) is 5. The second-order valence-corrected chi connectivity index (χ2v) is 10.5. The quantitative estimate of drug-likeness (QED) is 0.534. The van der Waals surface area contributed by atoms with E-state index in [0.717, 1.165) is 25.7 Å². The third-order valence-electron chi connectivity index (χ3n) is 8.13. The third kappa shape index (κ3) is 3.05. The number of carbonyl (C=O) groups excluding carboxylic acids is 2. The van der Waals surface area contributed by atoms with E-state index in [-0.39, 0.29) is 30.2 Å². The molecule has 5 aliphatic carbocycles. The molecule has 10 heteroatoms. The zero-order valence-corrected chi connectivity index (χ0v) is 17.6. The number of alkyl halides is 3. The van der Waals surface area contributed by atoms with Crippen LogP contribution in [0.25, 0.3) is 0 Å². The van der Waals surface area contributed by atoms with E-state index < -0.39 is 35.2 Å². The lowest BCUT2D eigenvalue weighted by Gasteiger charge is -2.63. The number of ether oxygens (including phenoxy) is 1. The zero-order chi connectivity index (χ0) is 21.5. The smallest absolute Gasteiger partial charge is 0.452 e. The predicted molar refractivity (Wildman–Crippen MR) is 101 cm³/mol. The van der Waals surface area contributed by atoms with Gasteiger partial charge in [-0.15, -0.1) is 0 Å². The molecule has 1 N–H and O–H groups in total. The van der Waals surface area contributed by atoms with Gasteiger partial charge in [0.2, 0.25) is 5.91 Å². The third-order valence-corrected chi connectivity index (χ3v) is 8.46. The highest BCUT2D eigenvalue weighted by Crippen LogP contribution is 2.64. The number of nitrogens with zero attached hydrogens (tertiary/aromatic N) is 2. The Morgan fingerprint density at radius 2 is 1.83 bits per heavy atom. The van der Waals surface area contributed by atoms with E-state index in [1.54, 1.807) is 4.90 Å². The largest absolute Gasteiger partial charge is 0.490 e. The molecule has 1 aliphatic heterocycles. The summed E-state index contributed by atoms with van der Waals surface area (Å²) in [4.78, 5) is 27.0. The van der Waals surface area contributed by atoms with Crippen molar-refractivity contribution >= 4 is 21.3 Å². The van der Waals surface area contributed by atoms with Crippen LogP contribution in [0.15, 0.2) is 0 Å². The number of amides is 1. The van der Waals surface area contributed by atoms with Gasteiger partial charge in [-0.1, -0.05) is 9.39 Å². The van der Waals surface area contributed by atoms with Crippen LogP contribution in [-0.4, -0.2) is 46.7 Å². The highest BCUT2D eigenvalue weighted by molar-refractivity contribution is 7.13. The number of halogens is 3. The van der Waals surface area contributed by atoms with Gasteiger partial charge in [0.15, 0.2) is 0 Å². The highest BCUT2D eigenvalue weighted by Gasteiger charge is 2.65. The second kappa shape index (κ2) is 6.56. The Labute approximate surface area is 175 Å². The Balaban J connectivity index is 1.43. The first-order chi connectivity index (χ1) is 14.1. The molecular formula is C20H25F3N3O3P. The molecule has 4 unspecified atom stereocenters. The summed E-state index contributed by atoms with van der Waals surface area (Å²) in [5, 5.41) is 12.6. The minimum atomic E-state index is -5.03. The first-order valence-electron chi connectivity index (χ1n) is 10.6. The van der Waals surface area contributed by atoms with Crippen LogP contribution in [0.4, 0.5) is 13.2 Å². The maximum absolute atomic E-state index is 13.6. The van der Waals surface area contributed by atoms with Crippen LogP contribution in [-0.2, 0) is 14.3 Å². The summed E-state index contributed by atoms with van der Waals surface area (Å²) in [6.07, 6.45) is 0.0609. The molecular weight excluding hydrogens is 418 g/mol. The first-order valence-corrected chi connectivity index (χ1v) is 11.2. The molecule has 30 heavy (non-hydrogen) atoms. The van der Waals surface area contributed by atoms with E-state index >= 15 is 0 Å². The fraction of sp³-hybridized carbons (Fsp3) is 0.850. The Bertz CT molecular complexity index is 814. The number of piperidine rings is 1. The van der Waals surface area contributed by atoms with Crippen molar-refractivity contribution in [2.24, 2.45) is 23.2 Å². The van der Waals surface area contributed by atoms with Crippen molar-refractivity contribution in [2.75, 3.05) is 0 Å². The Kier molecular flexibility index (Phi) is 4.48. The summed E-state index contributed by atoms with van der Waals surface area (Å²) in [5.74, 6) is -1.61. The van der Waals surface area contributed by atoms with Gasteiger partial charge >= 0.3 is 12.1 Å². The number of carbonyl (C=O) groups is 2. The maximum atomic E-state index is 13.6. The van der Waals surface area contributed by atoms with Crippen molar-refractivity contribution in [3.8, 4) is 6.07 Å². The van der Waals surface area contributed by atoms with Crippen LogP contribution in [0, 0.1) is 34.5 Å². The van der Waals surface area contributed by atoms with Crippen molar-refractivity contribution in [1.82, 2.24) is 9.99 Å². The summed E-state index contributed by atoms with van der Waals surface area (Å²) in [6, 6.07) is 1.29. The van der Waals surface area contributed by atoms with Crippen LogP contribution < -0.4 is 5.09 Å². The van der Waals surface area contributed by atoms with E-state index in [1.165, 1.54) is 0 Å². The van der Waals surface area contributed by atoms with Gasteiger partial charge in [0.25, 0.3) is 0 Å². The van der Waals surface area contributed by atoms with Crippen LogP contribution >= 0.6 is 9.39 Å². The van der Waals surface area contributed by atoms with Gasteiger partial charge in [0, 0.05) is 6.04 Å². The van der Waals surface area contributed by atoms with Crippen molar-refractivity contribution in [2.45, 2.75) is 81.3 Å². The van der Waals surface area contributed by atoms with E-state index in [1.807, 2.05) is 0 Å². The second-order valence-electron chi connectivity index (χ2n) is 10.2. The number of nitriles is 1. The molecule has 6 aliphatic rings. The lowest BCUT2D eigenvalue weighted by Crippen LogP contribution is -2.65. The highest BCUT2D eigenvalue weighted by atomic mass is 31.0. The molecule has 6 rings (SSSR count). The molecule has 0 spiro atoms. The van der Waals surface area contributed by atoms with Crippen LogP contribution in [0.2, 0.25) is 0 Å². The molecule has 0 aromatic heterocycles. The molecule has 1 saturated heterocycles. The first kappa shape index (κ1) is 20.5. The number of esters is 1. The number of nitrogens with one attached hydrogen (secondary N) is 1. The van der Waals surface area contributed by atoms with Gasteiger partial charge in [0.1, 0.15) is 11.6 Å². The van der Waals surface area contributed by atoms with E-state index in [0.29, 0.717) is 25.2 Å². The fourth-order valence-electron chi connectivity index (χ4n) is 7.51. The lowest BCUT2D eigenvalue weighted by atomic mass is 9.46. The molecule has 1 heterocycles. The lowest BCUT2D eigenvalue weighted by molar-refractivity contribution is -0.240. The number of rotatable bonds is 4. The topological polar surface area (TPSA) is 82.4 Å². The van der Waals surface area contributed by atoms with Crippen LogP contribution in [0.3, 0.4) is 0 Å². The molecule has 164 valence electrons. The SMILES string of the molecule is N#C[C@@H]1C[C@@H]2C[C@@H]2N1C(=O)C(NP)C12CC3CC(CC(OC(=O)C(F)(F)F)(C3)C1)C2. The summed E-state index contributed by atoms with van der Waals surface area (Å²) >= 11 is 0. The van der Waals surface area contributed by atoms with Crippen molar-refractivity contribution in [3.63, 3.8) is 0 Å². The normalized spacial score (nSPS) is 44.4. The van der Waals surface area contributed by atoms with Crippen molar-refractivity contribution < 1.29 is 27.5 Å². The minimum Gasteiger partial charge on any atom is -0.452 e. The van der Waals surface area contributed by atoms with Gasteiger partial charge in [0.05, 0.1) is 12.1 Å². The summed E-state index contributed by atoms with van der Waals surface area (Å²) < 4.78 is 43.9. The Morgan fingerprint density at radius 1 is 1.17 bits per heavy atom. The van der Waals surface area contributed by atoms with Crippen molar-refractivity contribution in [3.05, 3.63) is 0 Å². The monoisotopic (exact) mass is 443 g/mol. The number of hydrogen-bond donors (Lipinski definition) is 1. The standard InChI is InChI=1S/C20H25F3N3O3P/c21-20(22,23)17(28)29-19-6-10-1-11(7-19)5-18(4-10,9-19)15(25-30)16(27)26-13(8-24)2-12-3-14(12)26/h10-15,25H,1-7,9,30H2/t10?,11?,12-,13+,14+,15?,18?,19?/m1/s1. The van der Waals surface area contributed by atoms with Crippen LogP contribution in [0.5, 0.6) is 0 Å². The zero-order valence-electron chi connectivity index (χ0n) is 16.5.